The molecule has 0 spiro atoms. The highest BCUT2D eigenvalue weighted by Gasteiger charge is 2.25. The van der Waals surface area contributed by atoms with E-state index >= 15 is 0 Å². The molecule has 1 saturated carbocycles. The molecule has 3 nitrogen and oxygen atoms in total. The number of unbranched alkanes of at least 4 members (excludes halogenated alkanes) is 1. The summed E-state index contributed by atoms with van der Waals surface area (Å²) in [5.74, 6) is -0.547. The molecule has 0 unspecified atom stereocenters. The molecule has 2 rings (SSSR count). The largest absolute Gasteiger partial charge is 0.462 e. The van der Waals surface area contributed by atoms with Crippen LogP contribution in [0.1, 0.15) is 67.3 Å². The average molecular weight is 329 g/mol. The number of hydrogen-bond acceptors (Lipinski definition) is 3. The second kappa shape index (κ2) is 9.22. The van der Waals surface area contributed by atoms with Crippen molar-refractivity contribution in [1.29, 1.82) is 5.26 Å². The lowest BCUT2D eigenvalue weighted by atomic mass is 9.77. The molecule has 0 bridgehead atoms. The molecule has 0 amide bonds. The Balaban J connectivity index is 2.03. The third kappa shape index (κ3) is 4.92. The van der Waals surface area contributed by atoms with E-state index in [1.54, 1.807) is 0 Å². The SMILES string of the molecule is CCCCOC(=O)c1ccccc1[C@H]1CC[C@H](C=C(F)C#N)CC1. The van der Waals surface area contributed by atoms with Gasteiger partial charge in [-0.3, -0.25) is 0 Å². The van der Waals surface area contributed by atoms with Crippen LogP contribution in [-0.4, -0.2) is 12.6 Å². The monoisotopic (exact) mass is 329 g/mol. The van der Waals surface area contributed by atoms with Gasteiger partial charge in [-0.1, -0.05) is 31.5 Å². The van der Waals surface area contributed by atoms with Crippen LogP contribution >= 0.6 is 0 Å². The molecule has 1 aromatic carbocycles. The first-order valence-corrected chi connectivity index (χ1v) is 8.69. The molecule has 1 aromatic rings. The minimum atomic E-state index is -0.696. The highest BCUT2D eigenvalue weighted by atomic mass is 19.1. The van der Waals surface area contributed by atoms with Crippen molar-refractivity contribution in [2.24, 2.45) is 5.92 Å². The van der Waals surface area contributed by atoms with Crippen LogP contribution < -0.4 is 0 Å². The highest BCUT2D eigenvalue weighted by Crippen LogP contribution is 2.38. The Labute approximate surface area is 143 Å². The molecule has 1 aliphatic rings. The van der Waals surface area contributed by atoms with E-state index < -0.39 is 5.83 Å². The summed E-state index contributed by atoms with van der Waals surface area (Å²) in [5, 5.41) is 8.54. The minimum absolute atomic E-state index is 0.115. The Kier molecular flexibility index (Phi) is 6.99. The molecule has 0 aliphatic heterocycles. The Morgan fingerprint density at radius 3 is 2.71 bits per heavy atom. The quantitative estimate of drug-likeness (QED) is 0.404. The Hall–Kier alpha value is -2.15. The van der Waals surface area contributed by atoms with Gasteiger partial charge in [-0.25, -0.2) is 4.79 Å². The highest BCUT2D eigenvalue weighted by molar-refractivity contribution is 5.91. The van der Waals surface area contributed by atoms with Gasteiger partial charge in [0.25, 0.3) is 0 Å². The number of esters is 1. The number of halogens is 1. The Morgan fingerprint density at radius 2 is 2.04 bits per heavy atom. The van der Waals surface area contributed by atoms with E-state index in [1.165, 1.54) is 12.1 Å². The third-order valence-electron chi connectivity index (χ3n) is 4.61. The van der Waals surface area contributed by atoms with Gasteiger partial charge >= 0.3 is 5.97 Å². The summed E-state index contributed by atoms with van der Waals surface area (Å²) in [4.78, 5) is 12.3. The van der Waals surface area contributed by atoms with Gasteiger partial charge in [-0.2, -0.15) is 9.65 Å². The average Bonchev–Trinajstić information content (AvgIpc) is 2.62. The summed E-state index contributed by atoms with van der Waals surface area (Å²) in [6, 6.07) is 9.16. The first-order valence-electron chi connectivity index (χ1n) is 8.69. The molecule has 1 aliphatic carbocycles. The van der Waals surface area contributed by atoms with Crippen molar-refractivity contribution in [3.05, 3.63) is 47.3 Å². The van der Waals surface area contributed by atoms with Crippen molar-refractivity contribution in [3.63, 3.8) is 0 Å². The molecule has 1 fully saturated rings. The van der Waals surface area contributed by atoms with Crippen LogP contribution in [0.4, 0.5) is 4.39 Å². The number of nitrogens with zero attached hydrogens (tertiary/aromatic N) is 1. The van der Waals surface area contributed by atoms with Crippen molar-refractivity contribution in [3.8, 4) is 6.07 Å². The summed E-state index contributed by atoms with van der Waals surface area (Å²) < 4.78 is 18.4. The van der Waals surface area contributed by atoms with Crippen LogP contribution in [-0.2, 0) is 4.74 Å². The minimum Gasteiger partial charge on any atom is -0.462 e. The first kappa shape index (κ1) is 18.2. The Bertz CT molecular complexity index is 625. The van der Waals surface area contributed by atoms with E-state index in [9.17, 15) is 9.18 Å². The molecular formula is C20H24FNO2. The number of benzene rings is 1. The Morgan fingerprint density at radius 1 is 1.33 bits per heavy atom. The molecule has 0 heterocycles. The number of allylic oxidation sites excluding steroid dienone is 2. The molecule has 0 aromatic heterocycles. The van der Waals surface area contributed by atoms with Gasteiger partial charge in [-0.05, 0) is 61.6 Å². The fourth-order valence-electron chi connectivity index (χ4n) is 3.27. The van der Waals surface area contributed by atoms with Crippen LogP contribution in [0.5, 0.6) is 0 Å². The fraction of sp³-hybridized carbons (Fsp3) is 0.500. The van der Waals surface area contributed by atoms with Gasteiger partial charge in [0.05, 0.1) is 12.2 Å². The predicted octanol–water partition coefficient (Wildman–Crippen LogP) is 5.29. The fourth-order valence-corrected chi connectivity index (χ4v) is 3.27. The van der Waals surface area contributed by atoms with E-state index in [0.29, 0.717) is 12.2 Å². The summed E-state index contributed by atoms with van der Waals surface area (Å²) >= 11 is 0. The van der Waals surface area contributed by atoms with Crippen molar-refractivity contribution < 1.29 is 13.9 Å². The maximum Gasteiger partial charge on any atom is 0.338 e. The summed E-state index contributed by atoms with van der Waals surface area (Å²) in [6.07, 6.45) is 6.74. The van der Waals surface area contributed by atoms with Crippen LogP contribution in [0.15, 0.2) is 36.2 Å². The lowest BCUT2D eigenvalue weighted by molar-refractivity contribution is 0.0497. The van der Waals surface area contributed by atoms with Crippen molar-refractivity contribution in [2.75, 3.05) is 6.61 Å². The topological polar surface area (TPSA) is 50.1 Å². The standard InChI is InChI=1S/C20H24FNO2/c1-2-3-12-24-20(23)19-7-5-4-6-18(19)16-10-8-15(9-11-16)13-17(21)14-22/h4-7,13,15-16H,2-3,8-12H2,1H3/t15-,16-. The smallest absolute Gasteiger partial charge is 0.338 e. The van der Waals surface area contributed by atoms with Crippen molar-refractivity contribution in [2.45, 2.75) is 51.4 Å². The van der Waals surface area contributed by atoms with Crippen molar-refractivity contribution >= 4 is 5.97 Å². The van der Waals surface area contributed by atoms with E-state index in [0.717, 1.165) is 44.1 Å². The lowest BCUT2D eigenvalue weighted by Crippen LogP contribution is -2.16. The van der Waals surface area contributed by atoms with Gasteiger partial charge in [0, 0.05) is 0 Å². The molecule has 24 heavy (non-hydrogen) atoms. The number of hydrogen-bond donors (Lipinski definition) is 0. The molecule has 128 valence electrons. The maximum absolute atomic E-state index is 13.1. The van der Waals surface area contributed by atoms with Crippen molar-refractivity contribution in [1.82, 2.24) is 0 Å². The number of nitriles is 1. The van der Waals surface area contributed by atoms with E-state index in [1.807, 2.05) is 24.3 Å². The van der Waals surface area contributed by atoms with E-state index in [4.69, 9.17) is 10.00 Å². The summed E-state index contributed by atoms with van der Waals surface area (Å²) in [7, 11) is 0. The van der Waals surface area contributed by atoms with Gasteiger partial charge in [0.15, 0.2) is 5.83 Å². The molecule has 0 N–H and O–H groups in total. The number of ether oxygens (including phenoxy) is 1. The normalized spacial score (nSPS) is 21.1. The molecule has 0 saturated heterocycles. The van der Waals surface area contributed by atoms with Crippen LogP contribution in [0.25, 0.3) is 0 Å². The second-order valence-corrected chi connectivity index (χ2v) is 6.31. The van der Waals surface area contributed by atoms with Gasteiger partial charge in [-0.15, -0.1) is 0 Å². The lowest BCUT2D eigenvalue weighted by Gasteiger charge is -2.28. The molecule has 4 heteroatoms. The van der Waals surface area contributed by atoms with E-state index in [-0.39, 0.29) is 17.8 Å². The molecule has 0 radical (unpaired) electrons. The number of carbonyl (C=O) groups is 1. The zero-order valence-electron chi connectivity index (χ0n) is 14.1. The zero-order chi connectivity index (χ0) is 17.4. The maximum atomic E-state index is 13.1. The first-order chi connectivity index (χ1) is 11.7. The van der Waals surface area contributed by atoms with E-state index in [2.05, 4.69) is 6.92 Å². The van der Waals surface area contributed by atoms with Gasteiger partial charge in [0.1, 0.15) is 6.07 Å². The van der Waals surface area contributed by atoms with Gasteiger partial charge < -0.3 is 4.74 Å². The predicted molar refractivity (Wildman–Crippen MR) is 91.1 cm³/mol. The number of rotatable bonds is 6. The van der Waals surface area contributed by atoms with Crippen LogP contribution in [0.3, 0.4) is 0 Å². The third-order valence-corrected chi connectivity index (χ3v) is 4.61. The molecule has 0 atom stereocenters. The van der Waals surface area contributed by atoms with Crippen LogP contribution in [0.2, 0.25) is 0 Å². The van der Waals surface area contributed by atoms with Crippen LogP contribution in [0, 0.1) is 17.2 Å². The zero-order valence-corrected chi connectivity index (χ0v) is 14.1. The van der Waals surface area contributed by atoms with Gasteiger partial charge in [0.2, 0.25) is 0 Å². The number of carbonyl (C=O) groups excluding carboxylic acids is 1. The summed E-state index contributed by atoms with van der Waals surface area (Å²) in [6.45, 7) is 2.51. The molecular weight excluding hydrogens is 305 g/mol. The summed E-state index contributed by atoms with van der Waals surface area (Å²) in [5.41, 5.74) is 1.68. The second-order valence-electron chi connectivity index (χ2n) is 6.31.